The number of carbonyl (C=O) groups is 2. The Hall–Kier alpha value is -5.44. The van der Waals surface area contributed by atoms with Crippen molar-refractivity contribution in [3.8, 4) is 43.9 Å². The number of hydrogen-bond donors (Lipinski definition) is 0. The zero-order valence-electron chi connectivity index (χ0n) is 37.3. The summed E-state index contributed by atoms with van der Waals surface area (Å²) in [5, 5.41) is 0. The Kier molecular flexibility index (Phi) is 16.5. The molecule has 0 N–H and O–H groups in total. The van der Waals surface area contributed by atoms with Gasteiger partial charge >= 0.3 is 11.9 Å². The summed E-state index contributed by atoms with van der Waals surface area (Å²) in [4.78, 5) is 30.9. The van der Waals surface area contributed by atoms with Gasteiger partial charge in [0.25, 0.3) is 0 Å². The Morgan fingerprint density at radius 1 is 0.476 bits per heavy atom. The van der Waals surface area contributed by atoms with E-state index in [1.165, 1.54) is 93.1 Å². The molecule has 0 aliphatic heterocycles. The summed E-state index contributed by atoms with van der Waals surface area (Å²) in [6, 6.07) is 34.7. The van der Waals surface area contributed by atoms with Gasteiger partial charge in [0, 0.05) is 19.5 Å². The van der Waals surface area contributed by atoms with E-state index < -0.39 is 0 Å². The maximum absolute atomic E-state index is 13.0. The van der Waals surface area contributed by atoms with Crippen LogP contribution in [-0.2, 0) is 0 Å². The second kappa shape index (κ2) is 22.8. The molecular formula is C55H60O6S2. The van der Waals surface area contributed by atoms with Gasteiger partial charge in [-0.25, -0.2) is 9.59 Å². The molecule has 1 aliphatic rings. The van der Waals surface area contributed by atoms with E-state index in [1.54, 1.807) is 46.9 Å². The van der Waals surface area contributed by atoms with Crippen LogP contribution in [0.2, 0.25) is 0 Å². The predicted octanol–water partition coefficient (Wildman–Crippen LogP) is 16.0. The smallest absolute Gasteiger partial charge is 0.343 e. The first-order valence-corrected chi connectivity index (χ1v) is 24.5. The number of rotatable bonds is 22. The Morgan fingerprint density at radius 2 is 0.841 bits per heavy atom. The third kappa shape index (κ3) is 12.4. The molecule has 0 atom stereocenters. The third-order valence-corrected chi connectivity index (χ3v) is 13.8. The number of carbonyl (C=O) groups excluding carboxylic acids is 2. The highest BCUT2D eigenvalue weighted by molar-refractivity contribution is 7.16. The van der Waals surface area contributed by atoms with Gasteiger partial charge < -0.3 is 18.9 Å². The van der Waals surface area contributed by atoms with Gasteiger partial charge in [0.15, 0.2) is 0 Å². The van der Waals surface area contributed by atoms with Gasteiger partial charge in [-0.05, 0) is 189 Å². The van der Waals surface area contributed by atoms with Crippen molar-refractivity contribution in [2.24, 2.45) is 0 Å². The monoisotopic (exact) mass is 880 g/mol. The van der Waals surface area contributed by atoms with Crippen molar-refractivity contribution in [1.29, 1.82) is 0 Å². The average molecular weight is 881 g/mol. The molecule has 0 fully saturated rings. The van der Waals surface area contributed by atoms with Crippen LogP contribution in [0.5, 0.6) is 23.0 Å². The Labute approximate surface area is 381 Å². The first kappa shape index (κ1) is 45.6. The molecule has 1 aliphatic carbocycles. The maximum Gasteiger partial charge on any atom is 0.343 e. The molecule has 4 aromatic carbocycles. The van der Waals surface area contributed by atoms with E-state index in [0.717, 1.165) is 54.7 Å². The summed E-state index contributed by atoms with van der Waals surface area (Å²) in [7, 11) is 0. The summed E-state index contributed by atoms with van der Waals surface area (Å²) in [6.07, 6.45) is 15.1. The number of ether oxygens (including phenoxy) is 4. The van der Waals surface area contributed by atoms with E-state index in [0.29, 0.717) is 35.8 Å². The van der Waals surface area contributed by atoms with Crippen LogP contribution >= 0.6 is 22.7 Å². The van der Waals surface area contributed by atoms with E-state index in [4.69, 9.17) is 18.9 Å². The minimum Gasteiger partial charge on any atom is -0.494 e. The number of allylic oxidation sites excluding steroid dienone is 2. The fourth-order valence-electron chi connectivity index (χ4n) is 8.06. The highest BCUT2D eigenvalue weighted by atomic mass is 32.1. The highest BCUT2D eigenvalue weighted by Crippen LogP contribution is 2.47. The quantitative estimate of drug-likeness (QED) is 0.0384. The molecule has 0 unspecified atom stereocenters. The molecule has 8 heteroatoms. The number of thiophene rings is 2. The van der Waals surface area contributed by atoms with Crippen molar-refractivity contribution >= 4 is 45.8 Å². The highest BCUT2D eigenvalue weighted by Gasteiger charge is 2.24. The van der Waals surface area contributed by atoms with Crippen LogP contribution in [0.3, 0.4) is 0 Å². The lowest BCUT2D eigenvalue weighted by atomic mass is 9.96. The van der Waals surface area contributed by atoms with Crippen LogP contribution in [0.15, 0.2) is 109 Å². The molecule has 0 bridgehead atoms. The predicted molar refractivity (Wildman–Crippen MR) is 261 cm³/mol. The summed E-state index contributed by atoms with van der Waals surface area (Å²) in [5.74, 6) is 1.79. The molecule has 6 aromatic rings. The molecule has 0 saturated heterocycles. The van der Waals surface area contributed by atoms with Gasteiger partial charge in [0.05, 0.1) is 24.3 Å². The SMILES string of the molecule is CCCCCCCOc1ccc(C(=O)Oc2ccc(-c3cc(C4=C(c5cc(-c6ccc(OC(=O)c7ccc(OCCCCCCC)cc7)cc6)sc5C)CCC4)c(C)s3)cc2)cc1. The Bertz CT molecular complexity index is 2270. The second-order valence-corrected chi connectivity index (χ2v) is 18.9. The van der Waals surface area contributed by atoms with Crippen LogP contribution < -0.4 is 18.9 Å². The van der Waals surface area contributed by atoms with Crippen LogP contribution in [0.4, 0.5) is 0 Å². The molecule has 0 spiro atoms. The van der Waals surface area contributed by atoms with Gasteiger partial charge in [-0.2, -0.15) is 0 Å². The fraction of sp³-hybridized carbons (Fsp3) is 0.345. The van der Waals surface area contributed by atoms with Crippen molar-refractivity contribution < 1.29 is 28.5 Å². The van der Waals surface area contributed by atoms with Crippen molar-refractivity contribution in [1.82, 2.24) is 0 Å². The number of esters is 2. The molecule has 0 radical (unpaired) electrons. The largest absolute Gasteiger partial charge is 0.494 e. The fourth-order valence-corrected chi connectivity index (χ4v) is 10.2. The normalized spacial score (nSPS) is 12.4. The molecular weight excluding hydrogens is 821 g/mol. The van der Waals surface area contributed by atoms with E-state index in [1.807, 2.05) is 72.8 Å². The molecule has 0 amide bonds. The van der Waals surface area contributed by atoms with Gasteiger partial charge in [0.2, 0.25) is 0 Å². The van der Waals surface area contributed by atoms with Gasteiger partial charge in [0.1, 0.15) is 23.0 Å². The van der Waals surface area contributed by atoms with Crippen LogP contribution in [0.25, 0.3) is 32.0 Å². The van der Waals surface area contributed by atoms with Crippen LogP contribution in [0.1, 0.15) is 139 Å². The molecule has 6 nitrogen and oxygen atoms in total. The summed E-state index contributed by atoms with van der Waals surface area (Å²) >= 11 is 3.61. The standard InChI is InChI=1S/C55H60O6S2/c1-5-7-9-11-13-34-58-44-26-22-42(23-27-44)54(56)60-46-30-18-40(19-31-46)52-36-50(38(3)62-52)48-16-15-17-49(48)51-37-53(63-39(51)4)41-20-32-47(33-21-41)61-55(57)43-24-28-45(29-25-43)59-35-14-12-10-8-6-2/h18-33,36-37H,5-17,34-35H2,1-4H3. The Morgan fingerprint density at radius 3 is 1.22 bits per heavy atom. The summed E-state index contributed by atoms with van der Waals surface area (Å²) < 4.78 is 23.2. The molecule has 2 aromatic heterocycles. The molecule has 7 rings (SSSR count). The minimum atomic E-state index is -0.388. The first-order valence-electron chi connectivity index (χ1n) is 22.8. The van der Waals surface area contributed by atoms with Gasteiger partial charge in [-0.1, -0.05) is 65.2 Å². The van der Waals surface area contributed by atoms with Gasteiger partial charge in [-0.3, -0.25) is 0 Å². The minimum absolute atomic E-state index is 0.388. The summed E-state index contributed by atoms with van der Waals surface area (Å²) in [5.41, 5.74) is 8.68. The summed E-state index contributed by atoms with van der Waals surface area (Å²) in [6.45, 7) is 10.2. The number of benzene rings is 4. The lowest BCUT2D eigenvalue weighted by Crippen LogP contribution is -2.08. The Balaban J connectivity index is 0.946. The number of hydrogen-bond acceptors (Lipinski definition) is 8. The molecule has 328 valence electrons. The van der Waals surface area contributed by atoms with E-state index in [9.17, 15) is 9.59 Å². The lowest BCUT2D eigenvalue weighted by molar-refractivity contribution is 0.0725. The first-order chi connectivity index (χ1) is 30.8. The maximum atomic E-state index is 13.0. The van der Waals surface area contributed by atoms with Crippen LogP contribution in [-0.4, -0.2) is 25.2 Å². The van der Waals surface area contributed by atoms with E-state index in [2.05, 4.69) is 39.8 Å². The van der Waals surface area contributed by atoms with Crippen LogP contribution in [0, 0.1) is 13.8 Å². The van der Waals surface area contributed by atoms with Crippen molar-refractivity contribution in [3.63, 3.8) is 0 Å². The average Bonchev–Trinajstić information content (AvgIpc) is 4.05. The number of unbranched alkanes of at least 4 members (excludes halogenated alkanes) is 8. The van der Waals surface area contributed by atoms with Crippen molar-refractivity contribution in [2.45, 2.75) is 111 Å². The molecule has 2 heterocycles. The van der Waals surface area contributed by atoms with Gasteiger partial charge in [-0.15, -0.1) is 22.7 Å². The number of aryl methyl sites for hydroxylation is 2. The lowest BCUT2D eigenvalue weighted by Gasteiger charge is -2.08. The topological polar surface area (TPSA) is 71.1 Å². The van der Waals surface area contributed by atoms with E-state index >= 15 is 0 Å². The zero-order chi connectivity index (χ0) is 44.0. The van der Waals surface area contributed by atoms with Crippen molar-refractivity contribution in [2.75, 3.05) is 13.2 Å². The molecule has 63 heavy (non-hydrogen) atoms. The van der Waals surface area contributed by atoms with E-state index in [-0.39, 0.29) is 11.9 Å². The third-order valence-electron chi connectivity index (χ3n) is 11.6. The van der Waals surface area contributed by atoms with Crippen molar-refractivity contribution in [3.05, 3.63) is 141 Å². The molecule has 0 saturated carbocycles. The zero-order valence-corrected chi connectivity index (χ0v) is 38.9. The second-order valence-electron chi connectivity index (χ2n) is 16.4.